The van der Waals surface area contributed by atoms with Crippen molar-refractivity contribution in [2.24, 2.45) is 10.2 Å². The highest BCUT2D eigenvalue weighted by Crippen LogP contribution is 2.37. The number of benzene rings is 10. The van der Waals surface area contributed by atoms with Crippen molar-refractivity contribution in [1.82, 2.24) is 18.6 Å². The zero-order valence-electron chi connectivity index (χ0n) is 35.7. The van der Waals surface area contributed by atoms with E-state index in [1.807, 2.05) is 35.1 Å². The highest BCUT2D eigenvalue weighted by atomic mass is 32.2. The van der Waals surface area contributed by atoms with Gasteiger partial charge in [0.2, 0.25) is 29.6 Å². The van der Waals surface area contributed by atoms with E-state index in [0.717, 1.165) is 53.1 Å². The molecule has 0 atom stereocenters. The van der Waals surface area contributed by atoms with Crippen LogP contribution in [0.3, 0.4) is 0 Å². The summed E-state index contributed by atoms with van der Waals surface area (Å²) in [5.41, 5.74) is 3.46. The average Bonchev–Trinajstić information content (AvgIpc) is 3.89. The molecule has 0 saturated carbocycles. The van der Waals surface area contributed by atoms with Crippen LogP contribution in [-0.4, -0.2) is 26.0 Å². The maximum absolute atomic E-state index is 13.8. The third-order valence-corrected chi connectivity index (χ3v) is 17.6. The Morgan fingerprint density at radius 1 is 0.439 bits per heavy atom. The van der Waals surface area contributed by atoms with Gasteiger partial charge in [0.05, 0.1) is 30.2 Å². The molecule has 0 fully saturated rings. The second-order valence-electron chi connectivity index (χ2n) is 16.6. The molecule has 0 amide bonds. The molecule has 10 nitrogen and oxygen atoms in total. The van der Waals surface area contributed by atoms with Gasteiger partial charge in [0, 0.05) is 26.2 Å². The minimum Gasteiger partial charge on any atom is -0.315 e. The Morgan fingerprint density at radius 3 is 1.12 bits per heavy atom. The Bertz CT molecular complexity index is 3910. The molecule has 0 unspecified atom stereocenters. The average molecular weight is 941 g/mol. The van der Waals surface area contributed by atoms with Gasteiger partial charge >= 0.3 is 0 Å². The number of fused-ring (bicyclic) bond motifs is 2. The summed E-state index contributed by atoms with van der Waals surface area (Å²) >= 11 is 2.73. The highest BCUT2D eigenvalue weighted by molar-refractivity contribution is 7.89. The maximum atomic E-state index is 13.8. The molecule has 14 heteroatoms. The van der Waals surface area contributed by atoms with Crippen molar-refractivity contribution < 1.29 is 16.8 Å². The highest BCUT2D eigenvalue weighted by Gasteiger charge is 2.20. The topological polar surface area (TPSA) is 127 Å². The number of hydrogen-bond acceptors (Lipinski definition) is 8. The molecular formula is C52H40N6O4S4. The van der Waals surface area contributed by atoms with Crippen LogP contribution in [0, 0.1) is 0 Å². The number of hydrogen-bond donors (Lipinski definition) is 2. The van der Waals surface area contributed by atoms with Crippen molar-refractivity contribution in [2.45, 2.75) is 49.8 Å². The van der Waals surface area contributed by atoms with Gasteiger partial charge in [0.1, 0.15) is 0 Å². The lowest BCUT2D eigenvalue weighted by molar-refractivity contribution is 0.580. The summed E-state index contributed by atoms with van der Waals surface area (Å²) in [6, 6.07) is 48.1. The van der Waals surface area contributed by atoms with Crippen LogP contribution in [0.2, 0.25) is 0 Å². The summed E-state index contributed by atoms with van der Waals surface area (Å²) in [7, 11) is -7.72. The van der Waals surface area contributed by atoms with E-state index in [-0.39, 0.29) is 22.9 Å². The number of sulfonamides is 2. The first kappa shape index (κ1) is 40.9. The molecule has 12 aromatic rings. The first-order chi connectivity index (χ1) is 32.0. The van der Waals surface area contributed by atoms with Crippen LogP contribution in [0.15, 0.2) is 166 Å². The van der Waals surface area contributed by atoms with E-state index in [4.69, 9.17) is 10.2 Å². The Morgan fingerprint density at radius 2 is 0.773 bits per heavy atom. The zero-order chi connectivity index (χ0) is 44.9. The second kappa shape index (κ2) is 15.5. The summed E-state index contributed by atoms with van der Waals surface area (Å²) < 4.78 is 66.2. The van der Waals surface area contributed by atoms with Gasteiger partial charge in [-0.15, -0.1) is 10.2 Å². The van der Waals surface area contributed by atoms with E-state index in [1.165, 1.54) is 65.8 Å². The lowest BCUT2D eigenvalue weighted by Crippen LogP contribution is -2.23. The minimum atomic E-state index is -3.86. The number of aromatic nitrogens is 2. The smallest absolute Gasteiger partial charge is 0.240 e. The molecule has 0 aliphatic carbocycles. The van der Waals surface area contributed by atoms with Gasteiger partial charge in [0.15, 0.2) is 0 Å². The third-order valence-electron chi connectivity index (χ3n) is 12.8. The molecule has 0 radical (unpaired) electrons. The normalized spacial score (nSPS) is 13.5. The van der Waals surface area contributed by atoms with Gasteiger partial charge in [-0.1, -0.05) is 108 Å². The predicted molar refractivity (Wildman–Crippen MR) is 270 cm³/mol. The Hall–Kier alpha value is -6.52. The predicted octanol–water partition coefficient (Wildman–Crippen LogP) is 10.9. The fraction of sp³-hybridized carbons (Fsp3) is 0.115. The number of thiazole rings is 2. The van der Waals surface area contributed by atoms with Crippen LogP contribution in [-0.2, 0) is 46.2 Å². The molecule has 66 heavy (non-hydrogen) atoms. The molecule has 10 aromatic carbocycles. The first-order valence-electron chi connectivity index (χ1n) is 21.7. The van der Waals surface area contributed by atoms with Crippen molar-refractivity contribution >= 4 is 128 Å². The first-order valence-corrected chi connectivity index (χ1v) is 26.3. The molecule has 2 heterocycles. The zero-order valence-corrected chi connectivity index (χ0v) is 39.0. The van der Waals surface area contributed by atoms with Gasteiger partial charge < -0.3 is 9.13 Å². The summed E-state index contributed by atoms with van der Waals surface area (Å²) in [6.07, 6.45) is 0. The van der Waals surface area contributed by atoms with Crippen molar-refractivity contribution in [1.29, 1.82) is 0 Å². The van der Waals surface area contributed by atoms with Gasteiger partial charge in [0.25, 0.3) is 0 Å². The summed E-state index contributed by atoms with van der Waals surface area (Å²) in [4.78, 5) is 1.57. The van der Waals surface area contributed by atoms with Gasteiger partial charge in [-0.3, -0.25) is 0 Å². The van der Waals surface area contributed by atoms with Gasteiger partial charge in [-0.25, -0.2) is 26.3 Å². The van der Waals surface area contributed by atoms with E-state index in [9.17, 15) is 16.8 Å². The molecule has 326 valence electrons. The van der Waals surface area contributed by atoms with Gasteiger partial charge in [-0.2, -0.15) is 0 Å². The molecule has 0 aliphatic heterocycles. The standard InChI is InChI=1S/C52H40N6O4S4/c1-3-57-43-21-19-41(65(59,60)53-29-31-23-37-15-11-33-7-5-8-34-12-16-38(24-31)49(37)47(33)34)27-45(43)63-51(57)55-56-52-58(4-2)44-22-20-42(28-46(44)64-52)66(61,62)54-30-32-25-39-17-13-35-9-6-10-36-14-18-40(26-32)50(39)48(35)36/h5-28,53-54H,3-4,29-30H2,1-2H3/b55-51-,56-52+. The molecule has 0 aliphatic rings. The lowest BCUT2D eigenvalue weighted by atomic mass is 9.93. The SMILES string of the molecule is CCn1/c(=N/N=c2/sc3cc(S(=O)(=O)NCc4cc5ccc6cccc7ccc(c4)c5c67)ccc3n2CC)sc2cc(S(=O)(=O)NCc3cc4ccc5cccc6ccc(c3)c4c56)ccc21. The molecule has 2 N–H and O–H groups in total. The van der Waals surface area contributed by atoms with E-state index in [1.54, 1.807) is 24.3 Å². The van der Waals surface area contributed by atoms with Gasteiger partial charge in [-0.05, 0) is 150 Å². The third kappa shape index (κ3) is 6.78. The van der Waals surface area contributed by atoms with Crippen molar-refractivity contribution in [3.63, 3.8) is 0 Å². The molecule has 0 saturated heterocycles. The fourth-order valence-electron chi connectivity index (χ4n) is 9.65. The molecule has 0 bridgehead atoms. The number of nitrogens with one attached hydrogen (secondary N) is 2. The Balaban J connectivity index is 0.805. The Kier molecular flexibility index (Phi) is 9.65. The number of rotatable bonds is 11. The largest absolute Gasteiger partial charge is 0.315 e. The minimum absolute atomic E-state index is 0.148. The lowest BCUT2D eigenvalue weighted by Gasteiger charge is -2.13. The molecule has 12 rings (SSSR count). The fourth-order valence-corrected chi connectivity index (χ4v) is 14.1. The van der Waals surface area contributed by atoms with E-state index in [0.29, 0.717) is 22.7 Å². The molecule has 2 aromatic heterocycles. The van der Waals surface area contributed by atoms with E-state index >= 15 is 0 Å². The summed E-state index contributed by atoms with van der Waals surface area (Å²) in [6.45, 7) is 5.51. The maximum Gasteiger partial charge on any atom is 0.240 e. The summed E-state index contributed by atoms with van der Waals surface area (Å²) in [5, 5.41) is 23.3. The molecule has 0 spiro atoms. The summed E-state index contributed by atoms with van der Waals surface area (Å²) in [5.74, 6) is 0. The van der Waals surface area contributed by atoms with Crippen LogP contribution in [0.5, 0.6) is 0 Å². The van der Waals surface area contributed by atoms with Crippen LogP contribution in [0.1, 0.15) is 25.0 Å². The number of aryl methyl sites for hydroxylation is 2. The van der Waals surface area contributed by atoms with E-state index in [2.05, 4.69) is 119 Å². The van der Waals surface area contributed by atoms with Crippen molar-refractivity contribution in [3.8, 4) is 0 Å². The quantitative estimate of drug-likeness (QED) is 0.0989. The van der Waals surface area contributed by atoms with Crippen LogP contribution < -0.4 is 19.0 Å². The van der Waals surface area contributed by atoms with Crippen LogP contribution >= 0.6 is 22.7 Å². The van der Waals surface area contributed by atoms with Crippen molar-refractivity contribution in [2.75, 3.05) is 0 Å². The Labute approximate surface area is 387 Å². The van der Waals surface area contributed by atoms with E-state index < -0.39 is 20.0 Å². The van der Waals surface area contributed by atoms with Crippen LogP contribution in [0.25, 0.3) is 85.1 Å². The molecular weight excluding hydrogens is 901 g/mol. The van der Waals surface area contributed by atoms with Crippen molar-refractivity contribution in [3.05, 3.63) is 166 Å². The second-order valence-corrected chi connectivity index (χ2v) is 22.2. The number of nitrogens with zero attached hydrogens (tertiary/aromatic N) is 4. The monoisotopic (exact) mass is 940 g/mol. The van der Waals surface area contributed by atoms with Crippen LogP contribution in [0.4, 0.5) is 0 Å².